The zero-order valence-electron chi connectivity index (χ0n) is 20.2. The fourth-order valence-electron chi connectivity index (χ4n) is 4.45. The van der Waals surface area contributed by atoms with Gasteiger partial charge in [-0.15, -0.1) is 0 Å². The molecule has 180 valence electrons. The highest BCUT2D eigenvalue weighted by Crippen LogP contribution is 2.37. The molecule has 4 aromatic rings. The van der Waals surface area contributed by atoms with Crippen LogP contribution in [-0.2, 0) is 4.79 Å². The Balaban J connectivity index is 1.38. The number of aryl methyl sites for hydroxylation is 2. The number of rotatable bonds is 6. The highest BCUT2D eigenvalue weighted by atomic mass is 16.5. The van der Waals surface area contributed by atoms with Crippen LogP contribution < -0.4 is 20.3 Å². The topological polar surface area (TPSA) is 70.7 Å². The number of ether oxygens (including phenoxy) is 1. The van der Waals surface area contributed by atoms with E-state index in [4.69, 9.17) is 4.74 Å². The van der Waals surface area contributed by atoms with Crippen molar-refractivity contribution in [3.63, 3.8) is 0 Å². The third-order valence-electron chi connectivity index (χ3n) is 6.25. The second-order valence-electron chi connectivity index (χ2n) is 8.78. The summed E-state index contributed by atoms with van der Waals surface area (Å²) in [5.41, 5.74) is 5.83. The summed E-state index contributed by atoms with van der Waals surface area (Å²) in [5.74, 6) is 0.230. The van der Waals surface area contributed by atoms with Crippen LogP contribution in [0.25, 0.3) is 0 Å². The maximum Gasteiger partial charge on any atom is 0.262 e. The minimum absolute atomic E-state index is 0.0835. The summed E-state index contributed by atoms with van der Waals surface area (Å²) >= 11 is 0. The van der Waals surface area contributed by atoms with Gasteiger partial charge in [-0.3, -0.25) is 14.5 Å². The largest absolute Gasteiger partial charge is 0.484 e. The maximum atomic E-state index is 13.5. The number of carbonyl (C=O) groups is 2. The zero-order valence-corrected chi connectivity index (χ0v) is 20.2. The van der Waals surface area contributed by atoms with Crippen molar-refractivity contribution < 1.29 is 14.3 Å². The van der Waals surface area contributed by atoms with Gasteiger partial charge >= 0.3 is 0 Å². The highest BCUT2D eigenvalue weighted by Gasteiger charge is 2.34. The van der Waals surface area contributed by atoms with Gasteiger partial charge in [0.1, 0.15) is 11.9 Å². The molecule has 0 aliphatic carbocycles. The van der Waals surface area contributed by atoms with Crippen LogP contribution in [-0.4, -0.2) is 18.4 Å². The van der Waals surface area contributed by atoms with E-state index in [9.17, 15) is 9.59 Å². The molecule has 0 spiro atoms. The molecule has 6 heteroatoms. The normalized spacial score (nSPS) is 14.6. The first-order valence-corrected chi connectivity index (χ1v) is 11.8. The molecule has 2 N–H and O–H groups in total. The maximum absolute atomic E-state index is 13.5. The van der Waals surface area contributed by atoms with E-state index in [0.29, 0.717) is 11.3 Å². The summed E-state index contributed by atoms with van der Waals surface area (Å²) in [6.45, 7) is 3.80. The second kappa shape index (κ2) is 9.96. The Morgan fingerprint density at radius 3 is 2.36 bits per heavy atom. The Kier molecular flexibility index (Phi) is 6.41. The van der Waals surface area contributed by atoms with Crippen LogP contribution in [0.3, 0.4) is 0 Å². The third-order valence-corrected chi connectivity index (χ3v) is 6.25. The van der Waals surface area contributed by atoms with Crippen molar-refractivity contribution in [3.05, 3.63) is 119 Å². The summed E-state index contributed by atoms with van der Waals surface area (Å²) in [6.07, 6.45) is -0.443. The van der Waals surface area contributed by atoms with E-state index in [-0.39, 0.29) is 18.4 Å². The zero-order chi connectivity index (χ0) is 25.1. The van der Waals surface area contributed by atoms with Crippen LogP contribution in [0, 0.1) is 13.8 Å². The molecule has 2 amide bonds. The monoisotopic (exact) mass is 477 g/mol. The number of amides is 2. The Hall–Kier alpha value is -4.58. The number of nitrogens with one attached hydrogen (secondary N) is 2. The van der Waals surface area contributed by atoms with Gasteiger partial charge in [-0.1, -0.05) is 60.7 Å². The van der Waals surface area contributed by atoms with E-state index in [0.717, 1.165) is 33.8 Å². The second-order valence-corrected chi connectivity index (χ2v) is 8.78. The molecule has 0 aromatic heterocycles. The summed E-state index contributed by atoms with van der Waals surface area (Å²) in [6, 6.07) is 30.4. The molecule has 36 heavy (non-hydrogen) atoms. The van der Waals surface area contributed by atoms with Crippen LogP contribution >= 0.6 is 0 Å². The van der Waals surface area contributed by atoms with Crippen molar-refractivity contribution in [1.29, 1.82) is 0 Å². The van der Waals surface area contributed by atoms with E-state index >= 15 is 0 Å². The van der Waals surface area contributed by atoms with Crippen molar-refractivity contribution in [1.82, 2.24) is 0 Å². The van der Waals surface area contributed by atoms with Gasteiger partial charge in [0.25, 0.3) is 11.8 Å². The lowest BCUT2D eigenvalue weighted by molar-refractivity contribution is -0.118. The first-order chi connectivity index (χ1) is 17.5. The predicted molar refractivity (Wildman–Crippen MR) is 143 cm³/mol. The van der Waals surface area contributed by atoms with Crippen molar-refractivity contribution in [2.75, 3.05) is 22.1 Å². The molecule has 0 bridgehead atoms. The van der Waals surface area contributed by atoms with E-state index in [1.165, 1.54) is 0 Å². The average Bonchev–Trinajstić information content (AvgIpc) is 2.90. The van der Waals surface area contributed by atoms with Crippen LogP contribution in [0.5, 0.6) is 5.75 Å². The minimum Gasteiger partial charge on any atom is -0.484 e. The molecule has 6 nitrogen and oxygen atoms in total. The average molecular weight is 478 g/mol. The lowest BCUT2D eigenvalue weighted by Crippen LogP contribution is -2.43. The molecule has 0 fully saturated rings. The first-order valence-electron chi connectivity index (χ1n) is 11.8. The van der Waals surface area contributed by atoms with Crippen molar-refractivity contribution in [2.24, 2.45) is 0 Å². The smallest absolute Gasteiger partial charge is 0.262 e. The molecular weight excluding hydrogens is 450 g/mol. The molecule has 0 radical (unpaired) electrons. The predicted octanol–water partition coefficient (Wildman–Crippen LogP) is 6.09. The van der Waals surface area contributed by atoms with Crippen LogP contribution in [0.1, 0.15) is 33.2 Å². The molecule has 1 aliphatic heterocycles. The number of para-hydroxylation sites is 3. The van der Waals surface area contributed by atoms with Crippen LogP contribution in [0.4, 0.5) is 17.1 Å². The van der Waals surface area contributed by atoms with E-state index < -0.39 is 6.17 Å². The number of carbonyl (C=O) groups excluding carboxylic acids is 2. The Morgan fingerprint density at radius 1 is 0.889 bits per heavy atom. The molecule has 1 aliphatic rings. The minimum atomic E-state index is -0.443. The van der Waals surface area contributed by atoms with E-state index in [1.807, 2.05) is 105 Å². The molecule has 0 unspecified atom stereocenters. The summed E-state index contributed by atoms with van der Waals surface area (Å²) in [4.78, 5) is 27.9. The quantitative estimate of drug-likeness (QED) is 0.352. The fraction of sp³-hybridized carbons (Fsp3) is 0.133. The van der Waals surface area contributed by atoms with Gasteiger partial charge in [-0.05, 0) is 66.9 Å². The van der Waals surface area contributed by atoms with Gasteiger partial charge < -0.3 is 15.4 Å². The van der Waals surface area contributed by atoms with Gasteiger partial charge in [0.15, 0.2) is 6.61 Å². The van der Waals surface area contributed by atoms with Crippen LogP contribution in [0.2, 0.25) is 0 Å². The van der Waals surface area contributed by atoms with Crippen LogP contribution in [0.15, 0.2) is 97.1 Å². The van der Waals surface area contributed by atoms with Gasteiger partial charge in [-0.2, -0.15) is 0 Å². The molecule has 0 saturated carbocycles. The lowest BCUT2D eigenvalue weighted by atomic mass is 10.0. The summed E-state index contributed by atoms with van der Waals surface area (Å²) in [7, 11) is 0. The Morgan fingerprint density at radius 2 is 1.58 bits per heavy atom. The SMILES string of the molecule is Cc1cccc(C)c1NC(=O)COc1cccc([C@H]2Nc3ccccc3C(=O)N2c2ccccc2)c1. The van der Waals surface area contributed by atoms with E-state index in [1.54, 1.807) is 11.0 Å². The number of hydrogen-bond donors (Lipinski definition) is 2. The fourth-order valence-corrected chi connectivity index (χ4v) is 4.45. The number of fused-ring (bicyclic) bond motifs is 1. The molecule has 1 heterocycles. The van der Waals surface area contributed by atoms with Gasteiger partial charge in [0.05, 0.1) is 5.56 Å². The number of nitrogens with zero attached hydrogens (tertiary/aromatic N) is 1. The standard InChI is InChI=1S/C30H27N3O3/c1-20-10-8-11-21(2)28(20)32-27(34)19-36-24-15-9-12-22(18-24)29-31-26-17-7-6-16-25(26)30(35)33(29)23-13-4-3-5-14-23/h3-18,29,31H,19H2,1-2H3,(H,32,34)/t29-/m0/s1. The van der Waals surface area contributed by atoms with Gasteiger partial charge in [0, 0.05) is 17.1 Å². The summed E-state index contributed by atoms with van der Waals surface area (Å²) < 4.78 is 5.85. The molecular formula is C30H27N3O3. The van der Waals surface area contributed by atoms with Gasteiger partial charge in [-0.25, -0.2) is 0 Å². The molecule has 4 aromatic carbocycles. The number of benzene rings is 4. The van der Waals surface area contributed by atoms with Gasteiger partial charge in [0.2, 0.25) is 0 Å². The Labute approximate surface area is 210 Å². The first kappa shape index (κ1) is 23.2. The Bertz CT molecular complexity index is 1400. The lowest BCUT2D eigenvalue weighted by Gasteiger charge is -2.38. The number of anilines is 3. The van der Waals surface area contributed by atoms with Crippen molar-refractivity contribution in [3.8, 4) is 5.75 Å². The van der Waals surface area contributed by atoms with Crippen molar-refractivity contribution in [2.45, 2.75) is 20.0 Å². The third kappa shape index (κ3) is 4.66. The van der Waals surface area contributed by atoms with Crippen molar-refractivity contribution >= 4 is 28.9 Å². The number of hydrogen-bond acceptors (Lipinski definition) is 4. The molecule has 1 atom stereocenters. The highest BCUT2D eigenvalue weighted by molar-refractivity contribution is 6.12. The molecule has 5 rings (SSSR count). The molecule has 0 saturated heterocycles. The van der Waals surface area contributed by atoms with E-state index in [2.05, 4.69) is 10.6 Å². The summed E-state index contributed by atoms with van der Waals surface area (Å²) in [5, 5.41) is 6.44.